The number of nitrogens with zero attached hydrogens (tertiary/aromatic N) is 5. The maximum atomic E-state index is 13.8. The lowest BCUT2D eigenvalue weighted by atomic mass is 10.1. The summed E-state index contributed by atoms with van der Waals surface area (Å²) >= 11 is 0. The number of rotatable bonds is 9. The second-order valence-corrected chi connectivity index (χ2v) is 9.39. The van der Waals surface area contributed by atoms with Crippen molar-refractivity contribution in [2.24, 2.45) is 0 Å². The number of aromatic nitrogens is 3. The van der Waals surface area contributed by atoms with Gasteiger partial charge in [0, 0.05) is 57.8 Å². The Morgan fingerprint density at radius 1 is 1.14 bits per heavy atom. The zero-order valence-corrected chi connectivity index (χ0v) is 22.3. The van der Waals surface area contributed by atoms with Crippen molar-refractivity contribution in [2.45, 2.75) is 52.8 Å². The highest BCUT2D eigenvalue weighted by Crippen LogP contribution is 2.28. The fourth-order valence-corrected chi connectivity index (χ4v) is 4.88. The second-order valence-electron chi connectivity index (χ2n) is 9.39. The molecular formula is C28H38N6O2. The van der Waals surface area contributed by atoms with Gasteiger partial charge in [-0.25, -0.2) is 9.97 Å². The van der Waals surface area contributed by atoms with E-state index >= 15 is 0 Å². The van der Waals surface area contributed by atoms with E-state index in [0.29, 0.717) is 31.8 Å². The predicted octanol–water partition coefficient (Wildman–Crippen LogP) is 3.97. The van der Waals surface area contributed by atoms with E-state index in [4.69, 9.17) is 9.72 Å². The number of nitrogens with one attached hydrogen (secondary N) is 1. The van der Waals surface area contributed by atoms with Gasteiger partial charge in [0.1, 0.15) is 17.3 Å². The molecule has 1 aliphatic rings. The SMILES string of the molecule is CCO[C@H]1CN(c2ccccn2)CC1Nc1c(CC)nc(-c2ccc(N(C)C)cc2C)n(CC)c1=O. The van der Waals surface area contributed by atoms with E-state index in [2.05, 4.69) is 45.2 Å². The summed E-state index contributed by atoms with van der Waals surface area (Å²) in [4.78, 5) is 27.7. The van der Waals surface area contributed by atoms with E-state index in [9.17, 15) is 4.79 Å². The molecule has 3 heterocycles. The van der Waals surface area contributed by atoms with Gasteiger partial charge in [0.05, 0.1) is 17.8 Å². The van der Waals surface area contributed by atoms with Crippen LogP contribution >= 0.6 is 0 Å². The van der Waals surface area contributed by atoms with E-state index in [1.165, 1.54) is 0 Å². The lowest BCUT2D eigenvalue weighted by Gasteiger charge is -2.23. The van der Waals surface area contributed by atoms with Gasteiger partial charge in [-0.05, 0) is 63.1 Å². The number of pyridine rings is 1. The Kier molecular flexibility index (Phi) is 7.94. The molecule has 0 radical (unpaired) electrons. The number of ether oxygens (including phenoxy) is 1. The molecule has 1 aromatic carbocycles. The summed E-state index contributed by atoms with van der Waals surface area (Å²) in [7, 11) is 4.05. The third-order valence-electron chi connectivity index (χ3n) is 6.81. The molecule has 0 amide bonds. The van der Waals surface area contributed by atoms with Crippen molar-refractivity contribution in [2.75, 3.05) is 48.9 Å². The largest absolute Gasteiger partial charge is 0.378 e. The van der Waals surface area contributed by atoms with Crippen molar-refractivity contribution in [1.82, 2.24) is 14.5 Å². The van der Waals surface area contributed by atoms with Crippen LogP contribution in [0, 0.1) is 6.92 Å². The Labute approximate surface area is 213 Å². The fraction of sp³-hybridized carbons (Fsp3) is 0.464. The minimum Gasteiger partial charge on any atom is -0.378 e. The monoisotopic (exact) mass is 490 g/mol. The Hall–Kier alpha value is -3.39. The molecule has 8 nitrogen and oxygen atoms in total. The topological polar surface area (TPSA) is 75.5 Å². The van der Waals surface area contributed by atoms with E-state index in [-0.39, 0.29) is 17.7 Å². The Balaban J connectivity index is 1.71. The number of hydrogen-bond acceptors (Lipinski definition) is 7. The van der Waals surface area contributed by atoms with E-state index in [1.807, 2.05) is 53.1 Å². The van der Waals surface area contributed by atoms with E-state index in [1.54, 1.807) is 10.8 Å². The first kappa shape index (κ1) is 25.7. The van der Waals surface area contributed by atoms with Gasteiger partial charge in [-0.2, -0.15) is 0 Å². The van der Waals surface area contributed by atoms with Crippen LogP contribution in [0.15, 0.2) is 47.4 Å². The molecule has 8 heteroatoms. The number of hydrogen-bond donors (Lipinski definition) is 1. The van der Waals surface area contributed by atoms with Gasteiger partial charge in [-0.3, -0.25) is 9.36 Å². The van der Waals surface area contributed by atoms with Crippen molar-refractivity contribution in [3.8, 4) is 11.4 Å². The van der Waals surface area contributed by atoms with Gasteiger partial charge in [-0.1, -0.05) is 13.0 Å². The molecule has 1 unspecified atom stereocenters. The zero-order chi connectivity index (χ0) is 25.8. The number of aryl methyl sites for hydroxylation is 2. The summed E-state index contributed by atoms with van der Waals surface area (Å²) in [6, 6.07) is 12.1. The standard InChI is InChI=1S/C28H38N6O2/c1-7-22-26(30-23-17-33(18-24(23)36-9-3)25-12-10-11-15-29-25)28(35)34(8-2)27(31-22)21-14-13-20(32(5)6)16-19(21)4/h10-16,23-24,30H,7-9,17-18H2,1-6H3/t23?,24-/m0/s1. The number of anilines is 3. The van der Waals surface area contributed by atoms with Crippen molar-refractivity contribution in [3.63, 3.8) is 0 Å². The van der Waals surface area contributed by atoms with Crippen LogP contribution in [0.4, 0.5) is 17.2 Å². The first-order valence-electron chi connectivity index (χ1n) is 12.8. The zero-order valence-electron chi connectivity index (χ0n) is 22.3. The lowest BCUT2D eigenvalue weighted by Crippen LogP contribution is -2.38. The van der Waals surface area contributed by atoms with Crippen LogP contribution in [0.2, 0.25) is 0 Å². The summed E-state index contributed by atoms with van der Waals surface area (Å²) in [6.07, 6.45) is 2.40. The van der Waals surface area contributed by atoms with E-state index in [0.717, 1.165) is 40.7 Å². The maximum absolute atomic E-state index is 13.8. The molecule has 0 aliphatic carbocycles. The Bertz CT molecular complexity index is 1240. The van der Waals surface area contributed by atoms with E-state index < -0.39 is 0 Å². The highest BCUT2D eigenvalue weighted by atomic mass is 16.5. The van der Waals surface area contributed by atoms with Gasteiger partial charge in [-0.15, -0.1) is 0 Å². The van der Waals surface area contributed by atoms with Crippen molar-refractivity contribution < 1.29 is 4.74 Å². The average Bonchev–Trinajstić information content (AvgIpc) is 3.28. The van der Waals surface area contributed by atoms with Gasteiger partial charge >= 0.3 is 0 Å². The Morgan fingerprint density at radius 2 is 1.94 bits per heavy atom. The van der Waals surface area contributed by atoms with Gasteiger partial charge in [0.2, 0.25) is 0 Å². The highest BCUT2D eigenvalue weighted by Gasteiger charge is 2.35. The molecule has 0 bridgehead atoms. The summed E-state index contributed by atoms with van der Waals surface area (Å²) in [5.74, 6) is 1.63. The van der Waals surface area contributed by atoms with Crippen LogP contribution in [-0.2, 0) is 17.7 Å². The molecule has 0 spiro atoms. The molecular weight excluding hydrogens is 452 g/mol. The van der Waals surface area contributed by atoms with Gasteiger partial charge in [0.15, 0.2) is 0 Å². The minimum atomic E-state index is -0.0586. The Morgan fingerprint density at radius 3 is 2.56 bits per heavy atom. The smallest absolute Gasteiger partial charge is 0.277 e. The predicted molar refractivity (Wildman–Crippen MR) is 147 cm³/mol. The molecule has 1 saturated heterocycles. The molecule has 2 aromatic heterocycles. The minimum absolute atomic E-state index is 0.0398. The van der Waals surface area contributed by atoms with Crippen LogP contribution < -0.4 is 20.7 Å². The molecule has 36 heavy (non-hydrogen) atoms. The molecule has 1 fully saturated rings. The summed E-state index contributed by atoms with van der Waals surface area (Å²) in [6.45, 7) is 10.7. The fourth-order valence-electron chi connectivity index (χ4n) is 4.88. The molecule has 4 rings (SSSR count). The van der Waals surface area contributed by atoms with Crippen LogP contribution in [-0.4, -0.2) is 60.5 Å². The first-order chi connectivity index (χ1) is 17.4. The molecule has 2 atom stereocenters. The van der Waals surface area contributed by atoms with Gasteiger partial charge < -0.3 is 19.9 Å². The van der Waals surface area contributed by atoms with Crippen LogP contribution in [0.3, 0.4) is 0 Å². The number of benzene rings is 1. The van der Waals surface area contributed by atoms with Crippen LogP contribution in [0.1, 0.15) is 32.0 Å². The molecule has 1 N–H and O–H groups in total. The lowest BCUT2D eigenvalue weighted by molar-refractivity contribution is 0.0719. The average molecular weight is 491 g/mol. The first-order valence-corrected chi connectivity index (χ1v) is 12.8. The summed E-state index contributed by atoms with van der Waals surface area (Å²) in [5, 5.41) is 3.56. The maximum Gasteiger partial charge on any atom is 0.277 e. The normalized spacial score (nSPS) is 17.4. The van der Waals surface area contributed by atoms with Crippen LogP contribution in [0.25, 0.3) is 11.4 Å². The van der Waals surface area contributed by atoms with Crippen molar-refractivity contribution in [1.29, 1.82) is 0 Å². The van der Waals surface area contributed by atoms with Gasteiger partial charge in [0.25, 0.3) is 5.56 Å². The second kappa shape index (κ2) is 11.1. The molecule has 0 saturated carbocycles. The molecule has 1 aliphatic heterocycles. The molecule has 192 valence electrons. The summed E-state index contributed by atoms with van der Waals surface area (Å²) in [5.41, 5.74) is 4.51. The van der Waals surface area contributed by atoms with Crippen LogP contribution in [0.5, 0.6) is 0 Å². The quantitative estimate of drug-likeness (QED) is 0.486. The highest BCUT2D eigenvalue weighted by molar-refractivity contribution is 5.67. The third kappa shape index (κ3) is 5.09. The third-order valence-corrected chi connectivity index (χ3v) is 6.81. The van der Waals surface area contributed by atoms with Crippen molar-refractivity contribution in [3.05, 3.63) is 64.2 Å². The van der Waals surface area contributed by atoms with Crippen molar-refractivity contribution >= 4 is 17.2 Å². The molecule has 3 aromatic rings. The summed E-state index contributed by atoms with van der Waals surface area (Å²) < 4.78 is 7.86.